The molecule has 5 heterocycles. The van der Waals surface area contributed by atoms with Crippen molar-refractivity contribution in [1.29, 1.82) is 0 Å². The first-order chi connectivity index (χ1) is 18.7. The molecule has 3 aromatic heterocycles. The van der Waals surface area contributed by atoms with Crippen LogP contribution in [0.15, 0.2) is 51.7 Å². The van der Waals surface area contributed by atoms with Crippen LogP contribution in [0, 0.1) is 0 Å². The molecule has 0 aliphatic carbocycles. The number of thioether (sulfide) groups is 1. The summed E-state index contributed by atoms with van der Waals surface area (Å²) >= 11 is 3.66. The minimum atomic E-state index is -1.48. The summed E-state index contributed by atoms with van der Waals surface area (Å²) in [5.41, 5.74) is 18.4. The lowest BCUT2D eigenvalue weighted by molar-refractivity contribution is -0.688. The molecule has 5 rings (SSSR count). The summed E-state index contributed by atoms with van der Waals surface area (Å²) in [5, 5.41) is 21.7. The summed E-state index contributed by atoms with van der Waals surface area (Å²) in [4.78, 5) is 53.0. The van der Waals surface area contributed by atoms with Crippen molar-refractivity contribution in [2.75, 3.05) is 23.0 Å². The lowest BCUT2D eigenvalue weighted by Crippen LogP contribution is -2.71. The van der Waals surface area contributed by atoms with Gasteiger partial charge in [0.05, 0.1) is 23.0 Å². The van der Waals surface area contributed by atoms with E-state index in [9.17, 15) is 19.5 Å². The molecule has 202 valence electrons. The fourth-order valence-electron chi connectivity index (χ4n) is 4.02. The van der Waals surface area contributed by atoms with Gasteiger partial charge in [-0.3, -0.25) is 14.5 Å². The molecule has 0 bridgehead atoms. The average molecular weight is 588 g/mol. The van der Waals surface area contributed by atoms with Gasteiger partial charge in [0.25, 0.3) is 11.8 Å². The van der Waals surface area contributed by atoms with E-state index in [0.29, 0.717) is 27.8 Å². The first kappa shape index (κ1) is 26.4. The number of nitrogens with one attached hydrogen (secondary N) is 1. The van der Waals surface area contributed by atoms with Crippen molar-refractivity contribution in [2.45, 2.75) is 24.6 Å². The van der Waals surface area contributed by atoms with Crippen molar-refractivity contribution >= 4 is 73.9 Å². The molecule has 17 heteroatoms. The van der Waals surface area contributed by atoms with Crippen molar-refractivity contribution < 1.29 is 28.9 Å². The maximum atomic E-state index is 13.2. The number of amides is 2. The number of carboxylic acid groups (broad SMARTS) is 1. The number of fused-ring (bicyclic) bond motifs is 1. The lowest BCUT2D eigenvalue weighted by Gasteiger charge is -2.50. The van der Waals surface area contributed by atoms with Crippen LogP contribution < -0.4 is 32.2 Å². The van der Waals surface area contributed by atoms with E-state index in [-0.39, 0.29) is 35.4 Å². The highest BCUT2D eigenvalue weighted by Crippen LogP contribution is 2.40. The Morgan fingerprint density at radius 3 is 2.67 bits per heavy atom. The van der Waals surface area contributed by atoms with Crippen LogP contribution in [0.5, 0.6) is 0 Å². The number of carbonyl (C=O) groups is 3. The number of carboxylic acids is 1. The van der Waals surface area contributed by atoms with E-state index < -0.39 is 29.2 Å². The highest BCUT2D eigenvalue weighted by molar-refractivity contribution is 8.00. The molecular formula is C22H21N9O5S3. The number of thiazole rings is 2. The fourth-order valence-corrected chi connectivity index (χ4v) is 6.45. The number of nitrogens with two attached hydrogens (primary N) is 3. The minimum Gasteiger partial charge on any atom is -0.543 e. The van der Waals surface area contributed by atoms with E-state index in [4.69, 9.17) is 22.0 Å². The third kappa shape index (κ3) is 5.50. The number of aliphatic carboxylic acids is 1. The molecular weight excluding hydrogens is 567 g/mol. The Morgan fingerprint density at radius 2 is 2.00 bits per heavy atom. The molecule has 0 spiro atoms. The highest BCUT2D eigenvalue weighted by atomic mass is 32.2. The zero-order chi connectivity index (χ0) is 27.7. The Balaban J connectivity index is 1.32. The van der Waals surface area contributed by atoms with Gasteiger partial charge in [-0.2, -0.15) is 4.57 Å². The Morgan fingerprint density at radius 1 is 1.23 bits per heavy atom. The Bertz CT molecular complexity index is 1520. The molecule has 14 nitrogen and oxygen atoms in total. The largest absolute Gasteiger partial charge is 0.543 e. The van der Waals surface area contributed by atoms with Crippen molar-refractivity contribution in [3.8, 4) is 0 Å². The molecule has 39 heavy (non-hydrogen) atoms. The van der Waals surface area contributed by atoms with E-state index >= 15 is 0 Å². The summed E-state index contributed by atoms with van der Waals surface area (Å²) < 4.78 is 1.72. The number of rotatable bonds is 9. The van der Waals surface area contributed by atoms with E-state index in [1.165, 1.54) is 28.5 Å². The van der Waals surface area contributed by atoms with Gasteiger partial charge in [-0.05, 0) is 6.07 Å². The minimum absolute atomic E-state index is 0.0493. The quantitative estimate of drug-likeness (QED) is 0.0993. The number of β-lactam (4-membered cyclic amide) rings is 1. The van der Waals surface area contributed by atoms with Crippen molar-refractivity contribution in [1.82, 2.24) is 20.2 Å². The van der Waals surface area contributed by atoms with Crippen LogP contribution in [-0.4, -0.2) is 55.5 Å². The SMILES string of the molecule is Nc1ccc[n+](CC2=C(C(=O)[O-])N3C(=O)C(NC(=O)/C(=N\OCc4csc(N)n4)c4csc(N)n4)[C@H]3SC2)c1. The fraction of sp³-hybridized carbons (Fsp3) is 0.227. The lowest BCUT2D eigenvalue weighted by atomic mass is 10.0. The van der Waals surface area contributed by atoms with Gasteiger partial charge in [0.2, 0.25) is 0 Å². The Labute approximate surface area is 233 Å². The predicted octanol–water partition coefficient (Wildman–Crippen LogP) is -1.34. The number of anilines is 3. The predicted molar refractivity (Wildman–Crippen MR) is 142 cm³/mol. The van der Waals surface area contributed by atoms with Gasteiger partial charge in [-0.25, -0.2) is 9.97 Å². The average Bonchev–Trinajstić information content (AvgIpc) is 3.52. The van der Waals surface area contributed by atoms with Crippen LogP contribution in [0.4, 0.5) is 16.0 Å². The van der Waals surface area contributed by atoms with Crippen LogP contribution in [0.2, 0.25) is 0 Å². The third-order valence-corrected chi connectivity index (χ3v) is 8.44. The standard InChI is InChI=1S/C22H21N9O5S3/c23-11-2-1-3-30(5-11)4-10-7-37-19-15(18(33)31(19)16(10)20(34)35)28-17(32)14(13-9-39-22(25)27-13)29-36-6-12-8-38-21(24)26-12/h1-3,5,8-9,15,19H,4,6-7,23H2,(H5-,24,25,26,27,28,32,34,35)/b29-14-/t15?,19-/m1/s1. The maximum absolute atomic E-state index is 13.2. The zero-order valence-corrected chi connectivity index (χ0v) is 22.4. The summed E-state index contributed by atoms with van der Waals surface area (Å²) in [5.74, 6) is -2.51. The van der Waals surface area contributed by atoms with Crippen LogP contribution in [0.3, 0.4) is 0 Å². The second-order valence-corrected chi connectivity index (χ2v) is 11.3. The maximum Gasteiger partial charge on any atom is 0.276 e. The monoisotopic (exact) mass is 587 g/mol. The van der Waals surface area contributed by atoms with Gasteiger partial charge in [0.15, 0.2) is 41.5 Å². The number of carbonyl (C=O) groups excluding carboxylic acids is 3. The van der Waals surface area contributed by atoms with Crippen molar-refractivity contribution in [3.05, 3.63) is 57.9 Å². The summed E-state index contributed by atoms with van der Waals surface area (Å²) in [6, 6.07) is 2.44. The van der Waals surface area contributed by atoms with E-state index in [1.807, 2.05) is 0 Å². The number of hydrogen-bond donors (Lipinski definition) is 4. The number of pyridine rings is 1. The van der Waals surface area contributed by atoms with Gasteiger partial charge in [-0.15, -0.1) is 34.4 Å². The van der Waals surface area contributed by atoms with E-state index in [2.05, 4.69) is 20.4 Å². The normalized spacial score (nSPS) is 18.9. The number of hydrogen-bond acceptors (Lipinski definition) is 14. The molecule has 3 aromatic rings. The van der Waals surface area contributed by atoms with E-state index in [0.717, 1.165) is 16.2 Å². The third-order valence-electron chi connectivity index (χ3n) is 5.70. The smallest absolute Gasteiger partial charge is 0.276 e. The van der Waals surface area contributed by atoms with Crippen LogP contribution in [0.25, 0.3) is 0 Å². The van der Waals surface area contributed by atoms with Gasteiger partial charge < -0.3 is 37.3 Å². The number of aromatic nitrogens is 3. The number of nitrogen functional groups attached to an aromatic ring is 3. The van der Waals surface area contributed by atoms with Crippen LogP contribution >= 0.6 is 34.4 Å². The summed E-state index contributed by atoms with van der Waals surface area (Å²) in [6.07, 6.45) is 3.40. The second-order valence-electron chi connectivity index (χ2n) is 8.37. The molecule has 2 aliphatic rings. The summed E-state index contributed by atoms with van der Waals surface area (Å²) in [6.45, 7) is 0.158. The molecule has 0 saturated carbocycles. The Hall–Kier alpha value is -4.22. The molecule has 1 fully saturated rings. The highest BCUT2D eigenvalue weighted by Gasteiger charge is 2.53. The number of oxime groups is 1. The van der Waals surface area contributed by atoms with Gasteiger partial charge >= 0.3 is 0 Å². The first-order valence-electron chi connectivity index (χ1n) is 11.3. The molecule has 2 amide bonds. The molecule has 0 radical (unpaired) electrons. The molecule has 0 aromatic carbocycles. The molecule has 1 unspecified atom stereocenters. The van der Waals surface area contributed by atoms with Gasteiger partial charge in [0.1, 0.15) is 17.1 Å². The molecule has 2 aliphatic heterocycles. The molecule has 1 saturated heterocycles. The van der Waals surface area contributed by atoms with Crippen molar-refractivity contribution in [3.63, 3.8) is 0 Å². The molecule has 7 N–H and O–H groups in total. The first-order valence-corrected chi connectivity index (χ1v) is 14.1. The summed E-state index contributed by atoms with van der Waals surface area (Å²) in [7, 11) is 0. The van der Waals surface area contributed by atoms with Crippen molar-refractivity contribution in [2.24, 2.45) is 5.16 Å². The zero-order valence-electron chi connectivity index (χ0n) is 20.0. The van der Waals surface area contributed by atoms with Gasteiger partial charge in [0, 0.05) is 28.2 Å². The van der Waals surface area contributed by atoms with Gasteiger partial charge in [-0.1, -0.05) is 5.16 Å². The second kappa shape index (κ2) is 10.9. The topological polar surface area (TPSA) is 219 Å². The van der Waals surface area contributed by atoms with E-state index in [1.54, 1.807) is 34.5 Å². The number of nitrogens with zero attached hydrogens (tertiary/aromatic N) is 5. The van der Waals surface area contributed by atoms with Crippen LogP contribution in [0.1, 0.15) is 11.4 Å². The van der Waals surface area contributed by atoms with Crippen LogP contribution in [-0.2, 0) is 32.4 Å². The molecule has 2 atom stereocenters. The Kier molecular flexibility index (Phi) is 7.36.